The van der Waals surface area contributed by atoms with Crippen molar-refractivity contribution < 1.29 is 14.7 Å². The van der Waals surface area contributed by atoms with Gasteiger partial charge in [-0.15, -0.1) is 0 Å². The van der Waals surface area contributed by atoms with Gasteiger partial charge in [0.2, 0.25) is 0 Å². The molecule has 0 spiro atoms. The first kappa shape index (κ1) is 12.7. The van der Waals surface area contributed by atoms with Crippen LogP contribution in [0.15, 0.2) is 12.3 Å². The lowest BCUT2D eigenvalue weighted by atomic mass is 10.1. The molecule has 1 atom stereocenters. The molecule has 1 aromatic heterocycles. The highest BCUT2D eigenvalue weighted by Gasteiger charge is 2.36. The van der Waals surface area contributed by atoms with Crippen LogP contribution in [0.4, 0.5) is 10.6 Å². The molecule has 3 heterocycles. The Labute approximate surface area is 116 Å². The highest BCUT2D eigenvalue weighted by molar-refractivity contribution is 5.87. The fraction of sp³-hybridized carbons (Fsp3) is 0.462. The number of carbonyl (C=O) groups is 2. The van der Waals surface area contributed by atoms with E-state index in [2.05, 4.69) is 15.2 Å². The van der Waals surface area contributed by atoms with Crippen molar-refractivity contribution in [3.8, 4) is 0 Å². The lowest BCUT2D eigenvalue weighted by molar-refractivity contribution is 0.0696. The first-order valence-electron chi connectivity index (χ1n) is 6.55. The number of hydrogen-bond acceptors (Lipinski definition) is 4. The number of carboxylic acids is 1. The summed E-state index contributed by atoms with van der Waals surface area (Å²) in [5, 5.41) is 11.8. The number of amides is 2. The monoisotopic (exact) mass is 276 g/mol. The second-order valence-electron chi connectivity index (χ2n) is 5.15. The van der Waals surface area contributed by atoms with Gasteiger partial charge in [-0.2, -0.15) is 0 Å². The number of aromatic nitrogens is 1. The van der Waals surface area contributed by atoms with E-state index in [0.717, 1.165) is 17.9 Å². The Bertz CT molecular complexity index is 575. The largest absolute Gasteiger partial charge is 0.478 e. The van der Waals surface area contributed by atoms with Crippen LogP contribution in [0.2, 0.25) is 0 Å². The van der Waals surface area contributed by atoms with E-state index in [-0.39, 0.29) is 17.6 Å². The van der Waals surface area contributed by atoms with E-state index in [1.165, 1.54) is 6.20 Å². The highest BCUT2D eigenvalue weighted by atomic mass is 16.4. The van der Waals surface area contributed by atoms with Gasteiger partial charge >= 0.3 is 12.0 Å². The van der Waals surface area contributed by atoms with E-state index in [4.69, 9.17) is 5.11 Å². The third kappa shape index (κ3) is 2.04. The molecule has 0 aromatic carbocycles. The number of nitrogens with zero attached hydrogens (tertiary/aromatic N) is 3. The molecule has 0 bridgehead atoms. The maximum atomic E-state index is 11.6. The summed E-state index contributed by atoms with van der Waals surface area (Å²) in [6, 6.07) is 1.80. The Kier molecular flexibility index (Phi) is 2.96. The zero-order valence-electron chi connectivity index (χ0n) is 11.2. The molecule has 7 heteroatoms. The summed E-state index contributed by atoms with van der Waals surface area (Å²) in [4.78, 5) is 30.7. The zero-order chi connectivity index (χ0) is 14.3. The number of carbonyl (C=O) groups excluding carboxylic acids is 1. The van der Waals surface area contributed by atoms with Gasteiger partial charge in [-0.25, -0.2) is 14.6 Å². The normalized spacial score (nSPS) is 21.6. The molecule has 2 N–H and O–H groups in total. The number of aromatic carboxylic acids is 1. The number of urea groups is 1. The number of pyridine rings is 1. The van der Waals surface area contributed by atoms with Gasteiger partial charge in [-0.05, 0) is 18.6 Å². The molecule has 2 amide bonds. The number of rotatable bonds is 2. The van der Waals surface area contributed by atoms with Gasteiger partial charge < -0.3 is 20.2 Å². The molecule has 1 unspecified atom stereocenters. The number of anilines is 1. The van der Waals surface area contributed by atoms with E-state index < -0.39 is 5.97 Å². The average molecular weight is 276 g/mol. The minimum absolute atomic E-state index is 0.000515. The molecular formula is C13H16N4O3. The SMILES string of the molecule is Cc1cc(C(=O)O)cnc1N1CCN2C(=O)NCC2C1. The van der Waals surface area contributed by atoms with E-state index in [0.29, 0.717) is 19.6 Å². The number of aryl methyl sites for hydroxylation is 1. The van der Waals surface area contributed by atoms with Gasteiger partial charge in [0.1, 0.15) is 5.82 Å². The summed E-state index contributed by atoms with van der Waals surface area (Å²) in [7, 11) is 0. The van der Waals surface area contributed by atoms with Gasteiger partial charge in [0, 0.05) is 32.4 Å². The van der Waals surface area contributed by atoms with Gasteiger partial charge in [0.15, 0.2) is 0 Å². The first-order valence-corrected chi connectivity index (χ1v) is 6.55. The van der Waals surface area contributed by atoms with Crippen LogP contribution in [-0.4, -0.2) is 59.2 Å². The Morgan fingerprint density at radius 2 is 2.30 bits per heavy atom. The zero-order valence-corrected chi connectivity index (χ0v) is 11.2. The molecule has 0 radical (unpaired) electrons. The van der Waals surface area contributed by atoms with Gasteiger partial charge in [-0.1, -0.05) is 0 Å². The number of piperazine rings is 1. The van der Waals surface area contributed by atoms with E-state index >= 15 is 0 Å². The van der Waals surface area contributed by atoms with Gasteiger partial charge in [0.05, 0.1) is 11.6 Å². The summed E-state index contributed by atoms with van der Waals surface area (Å²) in [6.45, 7) is 4.61. The number of nitrogens with one attached hydrogen (secondary N) is 1. The van der Waals surface area contributed by atoms with Crippen LogP contribution in [-0.2, 0) is 0 Å². The van der Waals surface area contributed by atoms with Crippen LogP contribution in [0.3, 0.4) is 0 Å². The quantitative estimate of drug-likeness (QED) is 0.811. The third-order valence-corrected chi connectivity index (χ3v) is 3.83. The molecule has 7 nitrogen and oxygen atoms in total. The Morgan fingerprint density at radius 3 is 3.00 bits per heavy atom. The summed E-state index contributed by atoms with van der Waals surface area (Å²) in [5.74, 6) is -0.170. The highest BCUT2D eigenvalue weighted by Crippen LogP contribution is 2.23. The minimum atomic E-state index is -0.970. The summed E-state index contributed by atoms with van der Waals surface area (Å²) in [6.07, 6.45) is 1.38. The Morgan fingerprint density at radius 1 is 1.50 bits per heavy atom. The molecule has 3 rings (SSSR count). The summed E-state index contributed by atoms with van der Waals surface area (Å²) < 4.78 is 0. The van der Waals surface area contributed by atoms with Crippen LogP contribution >= 0.6 is 0 Å². The average Bonchev–Trinajstić information content (AvgIpc) is 2.79. The molecule has 2 aliphatic rings. The van der Waals surface area contributed by atoms with Crippen LogP contribution in [0.5, 0.6) is 0 Å². The predicted octanol–water partition coefficient (Wildman–Crippen LogP) is 0.302. The third-order valence-electron chi connectivity index (χ3n) is 3.83. The van der Waals surface area contributed by atoms with Crippen molar-refractivity contribution in [1.82, 2.24) is 15.2 Å². The predicted molar refractivity (Wildman–Crippen MR) is 72.0 cm³/mol. The van der Waals surface area contributed by atoms with Crippen molar-refractivity contribution in [2.75, 3.05) is 31.1 Å². The Hall–Kier alpha value is -2.31. The standard InChI is InChI=1S/C13H16N4O3/c1-8-4-9(12(18)19)5-14-11(8)16-2-3-17-10(7-16)6-15-13(17)20/h4-5,10H,2-3,6-7H2,1H3,(H,15,20)(H,18,19). The second kappa shape index (κ2) is 4.66. The smallest absolute Gasteiger partial charge is 0.337 e. The van der Waals surface area contributed by atoms with Crippen molar-refractivity contribution >= 4 is 17.8 Å². The van der Waals surface area contributed by atoms with Crippen molar-refractivity contribution in [1.29, 1.82) is 0 Å². The van der Waals surface area contributed by atoms with Crippen LogP contribution in [0.1, 0.15) is 15.9 Å². The summed E-state index contributed by atoms with van der Waals surface area (Å²) in [5.41, 5.74) is 1.04. The molecular weight excluding hydrogens is 260 g/mol. The molecule has 0 saturated carbocycles. The molecule has 0 aliphatic carbocycles. The minimum Gasteiger partial charge on any atom is -0.478 e. The van der Waals surface area contributed by atoms with E-state index in [1.54, 1.807) is 6.07 Å². The molecule has 20 heavy (non-hydrogen) atoms. The molecule has 2 aliphatic heterocycles. The molecule has 1 aromatic rings. The molecule has 2 saturated heterocycles. The topological polar surface area (TPSA) is 85.8 Å². The lowest BCUT2D eigenvalue weighted by Gasteiger charge is -2.37. The van der Waals surface area contributed by atoms with Crippen molar-refractivity contribution in [2.45, 2.75) is 13.0 Å². The van der Waals surface area contributed by atoms with Crippen LogP contribution in [0, 0.1) is 6.92 Å². The number of carboxylic acid groups (broad SMARTS) is 1. The van der Waals surface area contributed by atoms with E-state index in [9.17, 15) is 9.59 Å². The Balaban J connectivity index is 1.80. The van der Waals surface area contributed by atoms with Crippen molar-refractivity contribution in [3.63, 3.8) is 0 Å². The van der Waals surface area contributed by atoms with Gasteiger partial charge in [-0.3, -0.25) is 0 Å². The van der Waals surface area contributed by atoms with Crippen LogP contribution < -0.4 is 10.2 Å². The van der Waals surface area contributed by atoms with Gasteiger partial charge in [0.25, 0.3) is 0 Å². The first-order chi connectivity index (χ1) is 9.56. The maximum absolute atomic E-state index is 11.6. The summed E-state index contributed by atoms with van der Waals surface area (Å²) >= 11 is 0. The fourth-order valence-electron chi connectivity index (χ4n) is 2.81. The van der Waals surface area contributed by atoms with Crippen molar-refractivity contribution in [2.24, 2.45) is 0 Å². The molecule has 2 fully saturated rings. The maximum Gasteiger partial charge on any atom is 0.337 e. The number of hydrogen-bond donors (Lipinski definition) is 2. The van der Waals surface area contributed by atoms with E-state index in [1.807, 2.05) is 11.8 Å². The lowest BCUT2D eigenvalue weighted by Crippen LogP contribution is -2.52. The molecule has 106 valence electrons. The van der Waals surface area contributed by atoms with Crippen LogP contribution in [0.25, 0.3) is 0 Å². The fourth-order valence-corrected chi connectivity index (χ4v) is 2.81. The van der Waals surface area contributed by atoms with Crippen molar-refractivity contribution in [3.05, 3.63) is 23.4 Å². The number of fused-ring (bicyclic) bond motifs is 1. The second-order valence-corrected chi connectivity index (χ2v) is 5.15.